The smallest absolute Gasteiger partial charge is 0.261 e. The van der Waals surface area contributed by atoms with Crippen LogP contribution in [0, 0.1) is 12.7 Å². The second-order valence-corrected chi connectivity index (χ2v) is 6.88. The van der Waals surface area contributed by atoms with E-state index >= 15 is 0 Å². The number of carbonyl (C=O) groups is 1. The number of ether oxygens (including phenoxy) is 1. The van der Waals surface area contributed by atoms with Gasteiger partial charge in [0.15, 0.2) is 6.10 Å². The summed E-state index contributed by atoms with van der Waals surface area (Å²) in [6.07, 6.45) is 2.89. The van der Waals surface area contributed by atoms with Gasteiger partial charge in [0.05, 0.1) is 10.2 Å². The van der Waals surface area contributed by atoms with E-state index in [1.807, 2.05) is 42.0 Å². The van der Waals surface area contributed by atoms with Crippen LogP contribution in [-0.4, -0.2) is 21.6 Å². The lowest BCUT2D eigenvalue weighted by Crippen LogP contribution is -2.36. The number of aromatic nitrogens is 2. The topological polar surface area (TPSA) is 56.2 Å². The van der Waals surface area contributed by atoms with Crippen molar-refractivity contribution >= 4 is 21.8 Å². The molecule has 3 aromatic rings. The summed E-state index contributed by atoms with van der Waals surface area (Å²) in [5.74, 6) is 0.640. The van der Waals surface area contributed by atoms with Crippen LogP contribution in [0.15, 0.2) is 59.3 Å². The third kappa shape index (κ3) is 4.54. The van der Waals surface area contributed by atoms with E-state index in [1.165, 1.54) is 18.2 Å². The minimum atomic E-state index is -0.728. The third-order valence-corrected chi connectivity index (χ3v) is 4.72. The van der Waals surface area contributed by atoms with Gasteiger partial charge >= 0.3 is 0 Å². The van der Waals surface area contributed by atoms with Crippen LogP contribution in [0.4, 0.5) is 4.39 Å². The number of hydrogen-bond donors (Lipinski definition) is 1. The Morgan fingerprint density at radius 3 is 2.81 bits per heavy atom. The summed E-state index contributed by atoms with van der Waals surface area (Å²) in [5.41, 5.74) is 1.92. The molecule has 0 spiro atoms. The molecule has 27 heavy (non-hydrogen) atoms. The number of rotatable bonds is 6. The molecule has 140 valence electrons. The van der Waals surface area contributed by atoms with Gasteiger partial charge in [-0.1, -0.05) is 18.2 Å². The fraction of sp³-hybridized carbons (Fsp3) is 0.200. The molecule has 0 aliphatic rings. The summed E-state index contributed by atoms with van der Waals surface area (Å²) in [5, 5.41) is 2.88. The maximum absolute atomic E-state index is 13.2. The molecule has 7 heteroatoms. The monoisotopic (exact) mass is 431 g/mol. The van der Waals surface area contributed by atoms with Gasteiger partial charge < -0.3 is 14.6 Å². The summed E-state index contributed by atoms with van der Waals surface area (Å²) in [6, 6.07) is 11.9. The molecule has 1 amide bonds. The Morgan fingerprint density at radius 2 is 2.11 bits per heavy atom. The molecule has 1 N–H and O–H groups in total. The van der Waals surface area contributed by atoms with Gasteiger partial charge in [0, 0.05) is 18.9 Å². The number of benzene rings is 2. The highest BCUT2D eigenvalue weighted by Gasteiger charge is 2.17. The van der Waals surface area contributed by atoms with Crippen LogP contribution in [0.25, 0.3) is 5.69 Å². The number of para-hydroxylation sites is 1. The molecule has 0 radical (unpaired) electrons. The maximum Gasteiger partial charge on any atom is 0.261 e. The molecule has 1 heterocycles. The van der Waals surface area contributed by atoms with E-state index < -0.39 is 6.10 Å². The number of carbonyl (C=O) groups excluding carboxylic acids is 1. The highest BCUT2D eigenvalue weighted by Crippen LogP contribution is 2.26. The predicted molar refractivity (Wildman–Crippen MR) is 104 cm³/mol. The van der Waals surface area contributed by atoms with Gasteiger partial charge in [-0.2, -0.15) is 0 Å². The van der Waals surface area contributed by atoms with Crippen LogP contribution < -0.4 is 10.1 Å². The average molecular weight is 432 g/mol. The predicted octanol–water partition coefficient (Wildman–Crippen LogP) is 4.17. The Labute approximate surface area is 165 Å². The number of aryl methyl sites for hydroxylation is 1. The molecule has 0 saturated heterocycles. The van der Waals surface area contributed by atoms with Gasteiger partial charge in [0.2, 0.25) is 0 Å². The second kappa shape index (κ2) is 8.35. The van der Waals surface area contributed by atoms with Gasteiger partial charge in [0.1, 0.15) is 17.4 Å². The Kier molecular flexibility index (Phi) is 5.91. The third-order valence-electron chi connectivity index (χ3n) is 4.10. The van der Waals surface area contributed by atoms with E-state index in [2.05, 4.69) is 26.2 Å². The quantitative estimate of drug-likeness (QED) is 0.637. The highest BCUT2D eigenvalue weighted by atomic mass is 79.9. The number of halogens is 2. The van der Waals surface area contributed by atoms with Crippen molar-refractivity contribution in [3.05, 3.63) is 76.5 Å². The van der Waals surface area contributed by atoms with Gasteiger partial charge in [-0.25, -0.2) is 9.37 Å². The lowest BCUT2D eigenvalue weighted by molar-refractivity contribution is -0.127. The second-order valence-electron chi connectivity index (χ2n) is 6.03. The van der Waals surface area contributed by atoms with Gasteiger partial charge in [-0.3, -0.25) is 4.79 Å². The molecular formula is C20H19BrFN3O2. The van der Waals surface area contributed by atoms with E-state index in [0.29, 0.717) is 16.8 Å². The molecule has 2 aromatic carbocycles. The summed E-state index contributed by atoms with van der Waals surface area (Å²) in [6.45, 7) is 3.92. The molecule has 0 saturated carbocycles. The van der Waals surface area contributed by atoms with Crippen LogP contribution in [0.5, 0.6) is 5.75 Å². The van der Waals surface area contributed by atoms with Crippen LogP contribution in [0.2, 0.25) is 0 Å². The van der Waals surface area contributed by atoms with Crippen molar-refractivity contribution in [2.24, 2.45) is 0 Å². The summed E-state index contributed by atoms with van der Waals surface area (Å²) in [7, 11) is 0. The van der Waals surface area contributed by atoms with E-state index in [9.17, 15) is 9.18 Å². The average Bonchev–Trinajstić information content (AvgIpc) is 3.08. The number of hydrogen-bond acceptors (Lipinski definition) is 3. The molecule has 0 unspecified atom stereocenters. The Balaban J connectivity index is 1.66. The number of amides is 1. The van der Waals surface area contributed by atoms with Crippen molar-refractivity contribution in [3.63, 3.8) is 0 Å². The van der Waals surface area contributed by atoms with E-state index in [0.717, 1.165) is 17.1 Å². The van der Waals surface area contributed by atoms with Crippen molar-refractivity contribution in [1.82, 2.24) is 14.9 Å². The zero-order chi connectivity index (χ0) is 19.4. The first-order valence-corrected chi connectivity index (χ1v) is 9.22. The van der Waals surface area contributed by atoms with E-state index in [1.54, 1.807) is 13.1 Å². The minimum absolute atomic E-state index is 0.261. The first-order chi connectivity index (χ1) is 13.0. The van der Waals surface area contributed by atoms with E-state index in [4.69, 9.17) is 4.74 Å². The Bertz CT molecular complexity index is 958. The zero-order valence-corrected chi connectivity index (χ0v) is 16.5. The first-order valence-electron chi connectivity index (χ1n) is 8.43. The first kappa shape index (κ1) is 19.1. The number of nitrogens with one attached hydrogen (secondary N) is 1. The highest BCUT2D eigenvalue weighted by molar-refractivity contribution is 9.10. The largest absolute Gasteiger partial charge is 0.480 e. The number of imidazole rings is 1. The minimum Gasteiger partial charge on any atom is -0.480 e. The molecule has 0 fully saturated rings. The van der Waals surface area contributed by atoms with Gasteiger partial charge in [-0.05, 0) is 59.6 Å². The molecule has 5 nitrogen and oxygen atoms in total. The summed E-state index contributed by atoms with van der Waals surface area (Å²) < 4.78 is 21.2. The van der Waals surface area contributed by atoms with Crippen LogP contribution in [0.3, 0.4) is 0 Å². The molecule has 1 atom stereocenters. The fourth-order valence-electron chi connectivity index (χ4n) is 2.67. The van der Waals surface area contributed by atoms with Crippen molar-refractivity contribution in [1.29, 1.82) is 0 Å². The van der Waals surface area contributed by atoms with Crippen molar-refractivity contribution in [3.8, 4) is 11.4 Å². The van der Waals surface area contributed by atoms with Crippen molar-refractivity contribution in [2.75, 3.05) is 0 Å². The van der Waals surface area contributed by atoms with Gasteiger partial charge in [0.25, 0.3) is 5.91 Å². The Morgan fingerprint density at radius 1 is 1.33 bits per heavy atom. The maximum atomic E-state index is 13.2. The lowest BCUT2D eigenvalue weighted by atomic mass is 10.1. The fourth-order valence-corrected chi connectivity index (χ4v) is 3.11. The number of nitrogens with zero attached hydrogens (tertiary/aromatic N) is 2. The summed E-state index contributed by atoms with van der Waals surface area (Å²) >= 11 is 3.23. The van der Waals surface area contributed by atoms with Crippen molar-refractivity contribution < 1.29 is 13.9 Å². The molecule has 0 aliphatic carbocycles. The molecule has 0 aliphatic heterocycles. The molecule has 3 rings (SSSR count). The molecule has 1 aromatic heterocycles. The normalized spacial score (nSPS) is 11.9. The summed E-state index contributed by atoms with van der Waals surface area (Å²) in [4.78, 5) is 16.7. The molecule has 0 bridgehead atoms. The standard InChI is InChI=1S/C20H19BrFN3O2/c1-13(27-19-8-7-16(22)11-17(19)21)20(26)24-12-15-5-3-4-6-18(15)25-10-9-23-14(25)2/h3-11,13H,12H2,1-2H3,(H,24,26)/t13-/m0/s1. The van der Waals surface area contributed by atoms with E-state index in [-0.39, 0.29) is 11.7 Å². The zero-order valence-electron chi connectivity index (χ0n) is 14.9. The lowest BCUT2D eigenvalue weighted by Gasteiger charge is -2.17. The van der Waals surface area contributed by atoms with Crippen LogP contribution in [-0.2, 0) is 11.3 Å². The van der Waals surface area contributed by atoms with Crippen LogP contribution in [0.1, 0.15) is 18.3 Å². The van der Waals surface area contributed by atoms with Crippen molar-refractivity contribution in [2.45, 2.75) is 26.5 Å². The van der Waals surface area contributed by atoms with Crippen LogP contribution >= 0.6 is 15.9 Å². The SMILES string of the molecule is Cc1nccn1-c1ccccc1CNC(=O)[C@H](C)Oc1ccc(F)cc1Br. The van der Waals surface area contributed by atoms with Gasteiger partial charge in [-0.15, -0.1) is 0 Å². The Hall–Kier alpha value is -2.67. The molecular weight excluding hydrogens is 413 g/mol.